The van der Waals surface area contributed by atoms with Crippen LogP contribution in [0.3, 0.4) is 0 Å². The molecule has 19 heavy (non-hydrogen) atoms. The summed E-state index contributed by atoms with van der Waals surface area (Å²) in [5, 5.41) is 20.3. The maximum absolute atomic E-state index is 11.2. The Morgan fingerprint density at radius 1 is 1.58 bits per heavy atom. The van der Waals surface area contributed by atoms with Gasteiger partial charge in [-0.2, -0.15) is 4.98 Å². The SMILES string of the molecule is COc1ncnc(N(CCO)C2CCC2)c1[N+](=O)[O-]. The van der Waals surface area contributed by atoms with Crippen LogP contribution in [0.4, 0.5) is 11.5 Å². The highest BCUT2D eigenvalue weighted by molar-refractivity contribution is 5.63. The van der Waals surface area contributed by atoms with Crippen molar-refractivity contribution in [2.45, 2.75) is 25.3 Å². The Morgan fingerprint density at radius 3 is 2.79 bits per heavy atom. The van der Waals surface area contributed by atoms with E-state index in [1.807, 2.05) is 0 Å². The zero-order valence-corrected chi connectivity index (χ0v) is 10.7. The molecule has 1 aliphatic rings. The number of aromatic nitrogens is 2. The molecule has 8 heteroatoms. The lowest BCUT2D eigenvalue weighted by Gasteiger charge is -2.37. The predicted molar refractivity (Wildman–Crippen MR) is 67.3 cm³/mol. The molecule has 1 N–H and O–H groups in total. The molecule has 8 nitrogen and oxygen atoms in total. The molecule has 0 atom stereocenters. The van der Waals surface area contributed by atoms with Gasteiger partial charge in [0.15, 0.2) is 0 Å². The van der Waals surface area contributed by atoms with Gasteiger partial charge in [0.25, 0.3) is 5.88 Å². The Balaban J connectivity index is 2.42. The molecular weight excluding hydrogens is 252 g/mol. The van der Waals surface area contributed by atoms with Gasteiger partial charge in [0.05, 0.1) is 18.6 Å². The summed E-state index contributed by atoms with van der Waals surface area (Å²) >= 11 is 0. The molecule has 0 amide bonds. The van der Waals surface area contributed by atoms with Crippen LogP contribution in [0.5, 0.6) is 5.88 Å². The molecule has 104 valence electrons. The Hall–Kier alpha value is -1.96. The highest BCUT2D eigenvalue weighted by atomic mass is 16.6. The topological polar surface area (TPSA) is 102 Å². The van der Waals surface area contributed by atoms with E-state index in [0.29, 0.717) is 6.54 Å². The quantitative estimate of drug-likeness (QED) is 0.599. The zero-order chi connectivity index (χ0) is 13.8. The molecule has 0 unspecified atom stereocenters. The van der Waals surface area contributed by atoms with Gasteiger partial charge < -0.3 is 14.7 Å². The number of rotatable bonds is 6. The standard InChI is InChI=1S/C11H16N4O4/c1-19-11-9(15(17)18)10(12-7-13-11)14(5-6-16)8-3-2-4-8/h7-8,16H,2-6H2,1H3. The lowest BCUT2D eigenvalue weighted by atomic mass is 9.91. The molecule has 1 aromatic rings. The van der Waals surface area contributed by atoms with Crippen LogP contribution in [-0.4, -0.2) is 46.3 Å². The van der Waals surface area contributed by atoms with E-state index < -0.39 is 4.92 Å². The first-order valence-electron chi connectivity index (χ1n) is 6.10. The Kier molecular flexibility index (Phi) is 4.10. The molecule has 1 aromatic heterocycles. The van der Waals surface area contributed by atoms with Crippen molar-refractivity contribution in [2.24, 2.45) is 0 Å². The third-order valence-electron chi connectivity index (χ3n) is 3.27. The van der Waals surface area contributed by atoms with Crippen LogP contribution in [0, 0.1) is 10.1 Å². The minimum atomic E-state index is -0.544. The number of anilines is 1. The fourth-order valence-electron chi connectivity index (χ4n) is 2.14. The summed E-state index contributed by atoms with van der Waals surface area (Å²) in [4.78, 5) is 20.2. The van der Waals surface area contributed by atoms with Crippen molar-refractivity contribution < 1.29 is 14.8 Å². The minimum Gasteiger partial charge on any atom is -0.476 e. The predicted octanol–water partition coefficient (Wildman–Crippen LogP) is 0.745. The molecule has 2 rings (SSSR count). The van der Waals surface area contributed by atoms with Crippen LogP contribution in [0.25, 0.3) is 0 Å². The summed E-state index contributed by atoms with van der Waals surface area (Å²) in [6, 6.07) is 0.186. The number of nitro groups is 1. The summed E-state index contributed by atoms with van der Waals surface area (Å²) in [5.41, 5.74) is -0.245. The van der Waals surface area contributed by atoms with Gasteiger partial charge in [-0.05, 0) is 19.3 Å². The van der Waals surface area contributed by atoms with E-state index in [2.05, 4.69) is 9.97 Å². The number of nitrogens with zero attached hydrogens (tertiary/aromatic N) is 4. The van der Waals surface area contributed by atoms with Gasteiger partial charge in [-0.1, -0.05) is 0 Å². The van der Waals surface area contributed by atoms with Crippen LogP contribution in [0.1, 0.15) is 19.3 Å². The first kappa shape index (κ1) is 13.5. The lowest BCUT2D eigenvalue weighted by molar-refractivity contribution is -0.385. The Bertz CT molecular complexity index is 464. The number of ether oxygens (including phenoxy) is 1. The number of methoxy groups -OCH3 is 1. The summed E-state index contributed by atoms with van der Waals surface area (Å²) in [6.45, 7) is 0.228. The molecule has 1 heterocycles. The second kappa shape index (κ2) is 5.79. The zero-order valence-electron chi connectivity index (χ0n) is 10.7. The van der Waals surface area contributed by atoms with E-state index in [1.54, 1.807) is 4.90 Å². The van der Waals surface area contributed by atoms with Gasteiger partial charge in [-0.15, -0.1) is 0 Å². The average Bonchev–Trinajstić information content (AvgIpc) is 2.35. The van der Waals surface area contributed by atoms with Gasteiger partial charge in [0.1, 0.15) is 6.33 Å². The summed E-state index contributed by atoms with van der Waals surface area (Å²) in [7, 11) is 1.33. The van der Waals surface area contributed by atoms with Crippen molar-refractivity contribution in [3.63, 3.8) is 0 Å². The largest absolute Gasteiger partial charge is 0.476 e. The fourth-order valence-corrected chi connectivity index (χ4v) is 2.14. The van der Waals surface area contributed by atoms with Crippen molar-refractivity contribution in [3.8, 4) is 5.88 Å². The van der Waals surface area contributed by atoms with Gasteiger partial charge in [0.2, 0.25) is 5.82 Å². The maximum Gasteiger partial charge on any atom is 0.372 e. The molecule has 1 aliphatic carbocycles. The summed E-state index contributed by atoms with van der Waals surface area (Å²) in [6.07, 6.45) is 4.22. The second-order valence-corrected chi connectivity index (χ2v) is 4.31. The monoisotopic (exact) mass is 268 g/mol. The third kappa shape index (κ3) is 2.58. The van der Waals surface area contributed by atoms with Crippen molar-refractivity contribution in [1.82, 2.24) is 9.97 Å². The molecular formula is C11H16N4O4. The molecule has 0 bridgehead atoms. The highest BCUT2D eigenvalue weighted by Crippen LogP contribution is 2.37. The normalized spacial score (nSPS) is 14.8. The number of aliphatic hydroxyl groups excluding tert-OH is 1. The van der Waals surface area contributed by atoms with Crippen molar-refractivity contribution in [1.29, 1.82) is 0 Å². The van der Waals surface area contributed by atoms with Gasteiger partial charge in [0, 0.05) is 12.6 Å². The van der Waals surface area contributed by atoms with E-state index in [0.717, 1.165) is 19.3 Å². The molecule has 1 fully saturated rings. The van der Waals surface area contributed by atoms with Crippen LogP contribution < -0.4 is 9.64 Å². The molecule has 1 saturated carbocycles. The van der Waals surface area contributed by atoms with E-state index >= 15 is 0 Å². The van der Waals surface area contributed by atoms with Crippen LogP contribution in [-0.2, 0) is 0 Å². The number of hydrogen-bond acceptors (Lipinski definition) is 7. The van der Waals surface area contributed by atoms with E-state index in [-0.39, 0.29) is 30.0 Å². The first-order chi connectivity index (χ1) is 9.19. The third-order valence-corrected chi connectivity index (χ3v) is 3.27. The van der Waals surface area contributed by atoms with Gasteiger partial charge in [-0.3, -0.25) is 10.1 Å². The van der Waals surface area contributed by atoms with Gasteiger partial charge in [-0.25, -0.2) is 4.98 Å². The molecule has 0 spiro atoms. The average molecular weight is 268 g/mol. The van der Waals surface area contributed by atoms with Gasteiger partial charge >= 0.3 is 5.69 Å². The lowest BCUT2D eigenvalue weighted by Crippen LogP contribution is -2.42. The maximum atomic E-state index is 11.2. The molecule has 0 aromatic carbocycles. The van der Waals surface area contributed by atoms with Crippen molar-refractivity contribution in [2.75, 3.05) is 25.2 Å². The van der Waals surface area contributed by atoms with E-state index in [1.165, 1.54) is 13.4 Å². The molecule has 0 aliphatic heterocycles. The summed E-state index contributed by atoms with van der Waals surface area (Å²) < 4.78 is 4.93. The number of aliphatic hydroxyl groups is 1. The highest BCUT2D eigenvalue weighted by Gasteiger charge is 2.33. The molecule has 0 radical (unpaired) electrons. The van der Waals surface area contributed by atoms with Crippen molar-refractivity contribution >= 4 is 11.5 Å². The Labute approximate surface area is 110 Å². The fraction of sp³-hybridized carbons (Fsp3) is 0.636. The number of hydrogen-bond donors (Lipinski definition) is 1. The smallest absolute Gasteiger partial charge is 0.372 e. The Morgan fingerprint density at radius 2 is 2.32 bits per heavy atom. The minimum absolute atomic E-state index is 0.0581. The van der Waals surface area contributed by atoms with Crippen molar-refractivity contribution in [3.05, 3.63) is 16.4 Å². The van der Waals surface area contributed by atoms with E-state index in [9.17, 15) is 10.1 Å². The van der Waals surface area contributed by atoms with E-state index in [4.69, 9.17) is 9.84 Å². The summed E-state index contributed by atoms with van der Waals surface area (Å²) in [5.74, 6) is 0.160. The van der Waals surface area contributed by atoms with Crippen LogP contribution in [0.15, 0.2) is 6.33 Å². The van der Waals surface area contributed by atoms with Crippen LogP contribution in [0.2, 0.25) is 0 Å². The molecule has 0 saturated heterocycles. The first-order valence-corrected chi connectivity index (χ1v) is 6.10. The second-order valence-electron chi connectivity index (χ2n) is 4.31. The van der Waals surface area contributed by atoms with Crippen LogP contribution >= 0.6 is 0 Å².